The summed E-state index contributed by atoms with van der Waals surface area (Å²) in [4.78, 5) is 6.41. The second-order valence-electron chi connectivity index (χ2n) is 6.53. The number of aromatic nitrogens is 1. The van der Waals surface area contributed by atoms with Gasteiger partial charge in [-0.25, -0.2) is 4.98 Å². The van der Waals surface area contributed by atoms with E-state index in [-0.39, 0.29) is 5.66 Å². The molecular weight excluding hydrogens is 310 g/mol. The molecule has 0 amide bonds. The van der Waals surface area contributed by atoms with Crippen LogP contribution in [0.25, 0.3) is 10.2 Å². The number of rotatable bonds is 2. The highest BCUT2D eigenvalue weighted by molar-refractivity contribution is 7.22. The van der Waals surface area contributed by atoms with Crippen LogP contribution in [0.5, 0.6) is 0 Å². The molecule has 1 N–H and O–H groups in total. The van der Waals surface area contributed by atoms with Crippen molar-refractivity contribution in [1.82, 2.24) is 4.98 Å². The Balaban J connectivity index is 1.58. The Morgan fingerprint density at radius 3 is 3.00 bits per heavy atom. The fourth-order valence-corrected chi connectivity index (χ4v) is 5.33. The van der Waals surface area contributed by atoms with Crippen molar-refractivity contribution in [1.29, 1.82) is 0 Å². The van der Waals surface area contributed by atoms with Gasteiger partial charge in [-0.2, -0.15) is 10.1 Å². The minimum atomic E-state index is -0.0440. The average molecular weight is 330 g/mol. The fraction of sp³-hybridized carbons (Fsp3) is 0.562. The number of benzene rings is 1. The summed E-state index contributed by atoms with van der Waals surface area (Å²) in [6.45, 7) is 3.72. The van der Waals surface area contributed by atoms with Crippen LogP contribution in [0, 0.1) is 0 Å². The summed E-state index contributed by atoms with van der Waals surface area (Å²) in [6.07, 6.45) is 3.49. The lowest BCUT2D eigenvalue weighted by Gasteiger charge is -2.42. The zero-order valence-electron chi connectivity index (χ0n) is 12.9. The number of hydrogen-bond acceptors (Lipinski definition) is 6. The number of anilines is 1. The van der Waals surface area contributed by atoms with Gasteiger partial charge in [0.2, 0.25) is 10.8 Å². The molecule has 3 aliphatic rings. The molecule has 0 radical (unpaired) electrons. The van der Waals surface area contributed by atoms with E-state index in [1.165, 1.54) is 11.1 Å². The maximum atomic E-state index is 5.58. The van der Waals surface area contributed by atoms with Crippen LogP contribution in [-0.4, -0.2) is 43.0 Å². The monoisotopic (exact) mass is 330 g/mol. The molecule has 1 saturated heterocycles. The van der Waals surface area contributed by atoms with Crippen LogP contribution in [0.15, 0.2) is 34.6 Å². The van der Waals surface area contributed by atoms with Gasteiger partial charge in [0.1, 0.15) is 19.1 Å². The predicted molar refractivity (Wildman–Crippen MR) is 88.8 cm³/mol. The lowest BCUT2D eigenvalue weighted by atomic mass is 10.0. The zero-order chi connectivity index (χ0) is 15.3. The molecule has 2 atom stereocenters. The quantitative estimate of drug-likeness (QED) is 0.911. The highest BCUT2D eigenvalue weighted by Gasteiger charge is 2.61. The van der Waals surface area contributed by atoms with E-state index in [9.17, 15) is 0 Å². The molecule has 0 spiro atoms. The minimum Gasteiger partial charge on any atom is -0.370 e. The van der Waals surface area contributed by atoms with E-state index in [0.29, 0.717) is 6.04 Å². The molecule has 3 heterocycles. The van der Waals surface area contributed by atoms with Crippen molar-refractivity contribution in [3.8, 4) is 0 Å². The number of nitrogens with one attached hydrogen (secondary N) is 1. The lowest BCUT2D eigenvalue weighted by molar-refractivity contribution is -0.958. The van der Waals surface area contributed by atoms with Crippen molar-refractivity contribution in [3.05, 3.63) is 24.3 Å². The summed E-state index contributed by atoms with van der Waals surface area (Å²) in [6, 6.07) is 8.60. The van der Waals surface area contributed by atoms with Gasteiger partial charge in [0, 0.05) is 6.42 Å². The highest BCUT2D eigenvalue weighted by atomic mass is 32.1. The third kappa shape index (κ3) is 1.96. The average Bonchev–Trinajstić information content (AvgIpc) is 3.28. The zero-order valence-corrected chi connectivity index (χ0v) is 13.8. The lowest BCUT2D eigenvalue weighted by Crippen LogP contribution is -3.24. The molecular formula is C16H20N5OS+. The Morgan fingerprint density at radius 2 is 2.13 bits per heavy atom. The topological polar surface area (TPSA) is 54.5 Å². The van der Waals surface area contributed by atoms with Crippen molar-refractivity contribution >= 4 is 26.7 Å². The number of nitrogens with zero attached hydrogens (tertiary/aromatic N) is 4. The van der Waals surface area contributed by atoms with E-state index < -0.39 is 0 Å². The van der Waals surface area contributed by atoms with Gasteiger partial charge in [-0.3, -0.25) is 0 Å². The molecule has 1 aromatic carbocycles. The van der Waals surface area contributed by atoms with E-state index in [4.69, 9.17) is 9.72 Å². The Bertz CT molecular complexity index is 723. The van der Waals surface area contributed by atoms with Gasteiger partial charge in [0.05, 0.1) is 23.4 Å². The molecule has 23 heavy (non-hydrogen) atoms. The Morgan fingerprint density at radius 1 is 1.26 bits per heavy atom. The summed E-state index contributed by atoms with van der Waals surface area (Å²) in [5, 5.41) is 12.3. The fourth-order valence-electron chi connectivity index (χ4n) is 4.34. The molecule has 2 aromatic rings. The van der Waals surface area contributed by atoms with Crippen molar-refractivity contribution in [2.24, 2.45) is 10.3 Å². The van der Waals surface area contributed by atoms with Crippen LogP contribution in [-0.2, 0) is 4.74 Å². The maximum absolute atomic E-state index is 5.58. The normalized spacial score (nSPS) is 31.1. The largest absolute Gasteiger partial charge is 0.370 e. The number of quaternary nitrogens is 1. The van der Waals surface area contributed by atoms with Gasteiger partial charge >= 0.3 is 0 Å². The van der Waals surface area contributed by atoms with Crippen molar-refractivity contribution in [3.63, 3.8) is 0 Å². The van der Waals surface area contributed by atoms with Gasteiger partial charge in [0.15, 0.2) is 0 Å². The second-order valence-corrected chi connectivity index (χ2v) is 7.54. The number of ether oxygens (including phenoxy) is 1. The van der Waals surface area contributed by atoms with Crippen molar-refractivity contribution < 1.29 is 9.64 Å². The standard InChI is InChI=1S/C16H19N5OS/c1-2-5-13-12(4-1)17-15(23-13)21-16(20-8-10-22-11-9-20)7-3-6-14(16)18-19-21/h1-2,4-5,14H,3,6-11H2/p+1/t14-,16+/m1/s1. The Kier molecular flexibility index (Phi) is 3.14. The van der Waals surface area contributed by atoms with Crippen molar-refractivity contribution in [2.75, 3.05) is 31.3 Å². The number of hydrogen-bond donors (Lipinski definition) is 1. The minimum absolute atomic E-state index is 0.0440. The molecule has 6 nitrogen and oxygen atoms in total. The van der Waals surface area contributed by atoms with E-state index in [2.05, 4.69) is 33.5 Å². The third-order valence-electron chi connectivity index (χ3n) is 5.42. The Labute approximate surface area is 138 Å². The highest BCUT2D eigenvalue weighted by Crippen LogP contribution is 2.43. The SMILES string of the molecule is c1ccc2sc(N3N=N[C@@H]4CCC[C@@]43[NH+]3CCOCC3)nc2c1. The molecule has 120 valence electrons. The van der Waals surface area contributed by atoms with E-state index in [1.807, 2.05) is 6.07 Å². The summed E-state index contributed by atoms with van der Waals surface area (Å²) >= 11 is 1.72. The first kappa shape index (κ1) is 13.8. The summed E-state index contributed by atoms with van der Waals surface area (Å²) in [5.41, 5.74) is 1.01. The van der Waals surface area contributed by atoms with E-state index >= 15 is 0 Å². The van der Waals surface area contributed by atoms with Gasteiger partial charge in [-0.05, 0) is 25.0 Å². The summed E-state index contributed by atoms with van der Waals surface area (Å²) in [5.74, 6) is 0. The molecule has 2 fully saturated rings. The first-order chi connectivity index (χ1) is 11.4. The van der Waals surface area contributed by atoms with Crippen LogP contribution in [0.3, 0.4) is 0 Å². The van der Waals surface area contributed by atoms with E-state index in [0.717, 1.165) is 49.8 Å². The Hall–Kier alpha value is -1.57. The van der Waals surface area contributed by atoms with Crippen LogP contribution < -0.4 is 9.91 Å². The number of fused-ring (bicyclic) bond motifs is 2. The smallest absolute Gasteiger partial charge is 0.221 e. The van der Waals surface area contributed by atoms with E-state index in [1.54, 1.807) is 16.2 Å². The van der Waals surface area contributed by atoms with Gasteiger partial charge < -0.3 is 9.64 Å². The summed E-state index contributed by atoms with van der Waals surface area (Å²) < 4.78 is 6.79. The number of thiazole rings is 1. The van der Waals surface area contributed by atoms with Gasteiger partial charge in [-0.15, -0.1) is 0 Å². The first-order valence-corrected chi connectivity index (χ1v) is 9.19. The molecule has 1 saturated carbocycles. The van der Waals surface area contributed by atoms with Crippen LogP contribution in [0.4, 0.5) is 5.13 Å². The molecule has 0 unspecified atom stereocenters. The van der Waals surface area contributed by atoms with Crippen LogP contribution >= 0.6 is 11.3 Å². The predicted octanol–water partition coefficient (Wildman–Crippen LogP) is 1.65. The molecule has 2 aliphatic heterocycles. The molecule has 1 aromatic heterocycles. The van der Waals surface area contributed by atoms with Crippen LogP contribution in [0.1, 0.15) is 19.3 Å². The third-order valence-corrected chi connectivity index (χ3v) is 6.43. The molecule has 0 bridgehead atoms. The number of para-hydroxylation sites is 1. The molecule has 7 heteroatoms. The first-order valence-electron chi connectivity index (χ1n) is 8.37. The molecule has 5 rings (SSSR count). The van der Waals surface area contributed by atoms with Crippen molar-refractivity contribution in [2.45, 2.75) is 31.0 Å². The summed E-state index contributed by atoms with van der Waals surface area (Å²) in [7, 11) is 0. The van der Waals surface area contributed by atoms with Gasteiger partial charge in [-0.1, -0.05) is 28.7 Å². The second kappa shape index (κ2) is 5.22. The number of morpholine rings is 1. The molecule has 1 aliphatic carbocycles. The van der Waals surface area contributed by atoms with Gasteiger partial charge in [0.25, 0.3) is 0 Å². The maximum Gasteiger partial charge on any atom is 0.221 e. The van der Waals surface area contributed by atoms with Crippen LogP contribution in [0.2, 0.25) is 0 Å².